The number of tetrazole rings is 1. The Hall–Kier alpha value is -2.00. The second-order valence-electron chi connectivity index (χ2n) is 3.97. The van der Waals surface area contributed by atoms with Crippen molar-refractivity contribution in [2.75, 3.05) is 24.2 Å². The number of para-hydroxylation sites is 1. The van der Waals surface area contributed by atoms with Crippen LogP contribution in [0, 0.1) is 0 Å². The van der Waals surface area contributed by atoms with E-state index < -0.39 is 10.0 Å². The third-order valence-electron chi connectivity index (χ3n) is 2.58. The predicted octanol–water partition coefficient (Wildman–Crippen LogP) is 0.0135. The van der Waals surface area contributed by atoms with Gasteiger partial charge in [-0.3, -0.25) is 0 Å². The van der Waals surface area contributed by atoms with Crippen LogP contribution in [0.15, 0.2) is 30.3 Å². The van der Waals surface area contributed by atoms with Gasteiger partial charge in [0.05, 0.1) is 11.4 Å². The van der Waals surface area contributed by atoms with Crippen molar-refractivity contribution in [3.05, 3.63) is 30.3 Å². The van der Waals surface area contributed by atoms with Gasteiger partial charge in [-0.25, -0.2) is 13.1 Å². The van der Waals surface area contributed by atoms with E-state index >= 15 is 0 Å². The summed E-state index contributed by atoms with van der Waals surface area (Å²) in [6.07, 6.45) is 0. The molecule has 108 valence electrons. The van der Waals surface area contributed by atoms with Gasteiger partial charge in [0.15, 0.2) is 0 Å². The smallest absolute Gasteiger partial charge is 0.247 e. The molecule has 1 aromatic carbocycles. The van der Waals surface area contributed by atoms with Gasteiger partial charge in [-0.05, 0) is 29.5 Å². The molecule has 0 amide bonds. The molecule has 0 aliphatic carbocycles. The minimum absolute atomic E-state index is 0.0642. The summed E-state index contributed by atoms with van der Waals surface area (Å²) >= 11 is 0. The van der Waals surface area contributed by atoms with Crippen LogP contribution in [0.1, 0.15) is 6.92 Å². The Morgan fingerprint density at radius 1 is 1.20 bits per heavy atom. The fraction of sp³-hybridized carbons (Fsp3) is 0.364. The van der Waals surface area contributed by atoms with Crippen molar-refractivity contribution in [2.24, 2.45) is 0 Å². The maximum atomic E-state index is 11.3. The zero-order chi connectivity index (χ0) is 14.4. The molecule has 9 heteroatoms. The van der Waals surface area contributed by atoms with Crippen molar-refractivity contribution >= 4 is 16.0 Å². The van der Waals surface area contributed by atoms with Crippen molar-refractivity contribution < 1.29 is 8.42 Å². The number of rotatable bonds is 7. The lowest BCUT2D eigenvalue weighted by Crippen LogP contribution is -2.30. The highest BCUT2D eigenvalue weighted by atomic mass is 32.2. The van der Waals surface area contributed by atoms with E-state index in [1.54, 1.807) is 11.6 Å². The number of nitrogens with one attached hydrogen (secondary N) is 2. The quantitative estimate of drug-likeness (QED) is 0.698. The van der Waals surface area contributed by atoms with Crippen LogP contribution in [0.2, 0.25) is 0 Å². The molecule has 1 aromatic heterocycles. The average Bonchev–Trinajstić information content (AvgIpc) is 2.93. The van der Waals surface area contributed by atoms with Gasteiger partial charge in [0.2, 0.25) is 16.0 Å². The fourth-order valence-electron chi connectivity index (χ4n) is 1.52. The number of nitrogens with zero attached hydrogens (tertiary/aromatic N) is 4. The largest absolute Gasteiger partial charge is 0.351 e. The van der Waals surface area contributed by atoms with Gasteiger partial charge in [-0.1, -0.05) is 23.3 Å². The predicted molar refractivity (Wildman–Crippen MR) is 75.1 cm³/mol. The average molecular weight is 296 g/mol. The van der Waals surface area contributed by atoms with E-state index in [0.717, 1.165) is 5.69 Å². The van der Waals surface area contributed by atoms with E-state index in [2.05, 4.69) is 25.6 Å². The first-order valence-corrected chi connectivity index (χ1v) is 7.82. The first-order chi connectivity index (χ1) is 9.62. The SMILES string of the molecule is CCS(=O)(=O)NCCNc1nnnn1-c1ccccc1. The molecule has 2 N–H and O–H groups in total. The van der Waals surface area contributed by atoms with Crippen molar-refractivity contribution in [1.82, 2.24) is 24.9 Å². The molecular weight excluding hydrogens is 280 g/mol. The van der Waals surface area contributed by atoms with Crippen molar-refractivity contribution in [3.8, 4) is 5.69 Å². The normalized spacial score (nSPS) is 11.4. The van der Waals surface area contributed by atoms with Gasteiger partial charge in [-0.2, -0.15) is 4.68 Å². The molecule has 0 spiro atoms. The number of hydrogen-bond donors (Lipinski definition) is 2. The zero-order valence-corrected chi connectivity index (χ0v) is 11.8. The first kappa shape index (κ1) is 14.4. The van der Waals surface area contributed by atoms with E-state index in [0.29, 0.717) is 12.5 Å². The Kier molecular flexibility index (Phi) is 4.64. The number of aromatic nitrogens is 4. The summed E-state index contributed by atoms with van der Waals surface area (Å²) in [6.45, 7) is 2.26. The highest BCUT2D eigenvalue weighted by Gasteiger charge is 2.08. The minimum Gasteiger partial charge on any atom is -0.351 e. The minimum atomic E-state index is -3.17. The van der Waals surface area contributed by atoms with Crippen LogP contribution in [0.4, 0.5) is 5.95 Å². The fourth-order valence-corrected chi connectivity index (χ4v) is 2.14. The Bertz CT molecular complexity index is 640. The van der Waals surface area contributed by atoms with Crippen LogP contribution in [0.25, 0.3) is 5.69 Å². The molecule has 2 aromatic rings. The molecule has 0 unspecified atom stereocenters. The maximum absolute atomic E-state index is 11.3. The number of anilines is 1. The molecule has 8 nitrogen and oxygen atoms in total. The molecule has 0 saturated carbocycles. The molecular formula is C11H16N6O2S. The van der Waals surface area contributed by atoms with Gasteiger partial charge < -0.3 is 5.32 Å². The molecule has 0 aliphatic heterocycles. The standard InChI is InChI=1S/C11H16N6O2S/c1-2-20(18,19)13-9-8-12-11-14-15-16-17(11)10-6-4-3-5-7-10/h3-7,13H,2,8-9H2,1H3,(H,12,14,16). The highest BCUT2D eigenvalue weighted by molar-refractivity contribution is 7.89. The van der Waals surface area contributed by atoms with Gasteiger partial charge in [0, 0.05) is 13.1 Å². The number of hydrogen-bond acceptors (Lipinski definition) is 6. The van der Waals surface area contributed by atoms with Gasteiger partial charge >= 0.3 is 0 Å². The summed E-state index contributed by atoms with van der Waals surface area (Å²) < 4.78 is 26.5. The zero-order valence-electron chi connectivity index (χ0n) is 11.0. The monoisotopic (exact) mass is 296 g/mol. The lowest BCUT2D eigenvalue weighted by atomic mass is 10.3. The van der Waals surface area contributed by atoms with Crippen LogP contribution in [0.5, 0.6) is 0 Å². The summed E-state index contributed by atoms with van der Waals surface area (Å²) in [5, 5.41) is 14.3. The third-order valence-corrected chi connectivity index (χ3v) is 3.98. The number of sulfonamides is 1. The molecule has 0 saturated heterocycles. The third kappa shape index (κ3) is 3.75. The molecule has 1 heterocycles. The summed E-state index contributed by atoms with van der Waals surface area (Å²) in [4.78, 5) is 0. The van der Waals surface area contributed by atoms with E-state index in [9.17, 15) is 8.42 Å². The summed E-state index contributed by atoms with van der Waals surface area (Å²) in [7, 11) is -3.17. The second kappa shape index (κ2) is 6.44. The van der Waals surface area contributed by atoms with Crippen LogP contribution in [0.3, 0.4) is 0 Å². The van der Waals surface area contributed by atoms with Crippen molar-refractivity contribution in [1.29, 1.82) is 0 Å². The molecule has 2 rings (SSSR count). The summed E-state index contributed by atoms with van der Waals surface area (Å²) in [6, 6.07) is 9.43. The van der Waals surface area contributed by atoms with Crippen molar-refractivity contribution in [3.63, 3.8) is 0 Å². The summed E-state index contributed by atoms with van der Waals surface area (Å²) in [5.74, 6) is 0.529. The molecule has 0 bridgehead atoms. The Labute approximate surface area is 117 Å². The van der Waals surface area contributed by atoms with Crippen molar-refractivity contribution in [2.45, 2.75) is 6.92 Å². The van der Waals surface area contributed by atoms with Gasteiger partial charge in [0.25, 0.3) is 0 Å². The molecule has 0 aliphatic rings. The molecule has 0 atom stereocenters. The van der Waals surface area contributed by atoms with E-state index in [1.807, 2.05) is 30.3 Å². The van der Waals surface area contributed by atoms with E-state index in [-0.39, 0.29) is 12.3 Å². The maximum Gasteiger partial charge on any atom is 0.247 e. The van der Waals surface area contributed by atoms with Crippen LogP contribution >= 0.6 is 0 Å². The Morgan fingerprint density at radius 3 is 2.65 bits per heavy atom. The molecule has 0 fully saturated rings. The van der Waals surface area contributed by atoms with Gasteiger partial charge in [0.1, 0.15) is 0 Å². The van der Waals surface area contributed by atoms with Crippen LogP contribution in [-0.4, -0.2) is 47.5 Å². The molecule has 20 heavy (non-hydrogen) atoms. The van der Waals surface area contributed by atoms with E-state index in [1.165, 1.54) is 0 Å². The number of benzene rings is 1. The molecule has 0 radical (unpaired) electrons. The van der Waals surface area contributed by atoms with Gasteiger partial charge in [-0.15, -0.1) is 0 Å². The lowest BCUT2D eigenvalue weighted by molar-refractivity contribution is 0.584. The van der Waals surface area contributed by atoms with Crippen LogP contribution < -0.4 is 10.0 Å². The first-order valence-electron chi connectivity index (χ1n) is 6.17. The summed E-state index contributed by atoms with van der Waals surface area (Å²) in [5.41, 5.74) is 0.828. The topological polar surface area (TPSA) is 102 Å². The lowest BCUT2D eigenvalue weighted by Gasteiger charge is -2.07. The Morgan fingerprint density at radius 2 is 1.95 bits per heavy atom. The van der Waals surface area contributed by atoms with Crippen LogP contribution in [-0.2, 0) is 10.0 Å². The van der Waals surface area contributed by atoms with E-state index in [4.69, 9.17) is 0 Å². The second-order valence-corrected chi connectivity index (χ2v) is 6.07. The highest BCUT2D eigenvalue weighted by Crippen LogP contribution is 2.09. The Balaban J connectivity index is 1.94.